The zero-order chi connectivity index (χ0) is 17.3. The van der Waals surface area contributed by atoms with E-state index in [0.29, 0.717) is 16.7 Å². The van der Waals surface area contributed by atoms with E-state index in [-0.39, 0.29) is 4.90 Å². The third-order valence-electron chi connectivity index (χ3n) is 3.99. The highest BCUT2D eigenvalue weighted by Crippen LogP contribution is 2.27. The van der Waals surface area contributed by atoms with Crippen molar-refractivity contribution < 1.29 is 8.42 Å². The Morgan fingerprint density at radius 1 is 1.21 bits per heavy atom. The Morgan fingerprint density at radius 2 is 2.00 bits per heavy atom. The van der Waals surface area contributed by atoms with Crippen molar-refractivity contribution in [1.82, 2.24) is 9.55 Å². The van der Waals surface area contributed by atoms with E-state index in [2.05, 4.69) is 16.6 Å². The molecule has 0 saturated carbocycles. The second kappa shape index (κ2) is 6.28. The monoisotopic (exact) mass is 343 g/mol. The van der Waals surface area contributed by atoms with Gasteiger partial charge >= 0.3 is 0 Å². The molecule has 5 nitrogen and oxygen atoms in total. The van der Waals surface area contributed by atoms with Crippen LogP contribution in [0.1, 0.15) is 24.5 Å². The molecule has 0 aliphatic carbocycles. The summed E-state index contributed by atoms with van der Waals surface area (Å²) in [5.74, 6) is 0. The topological polar surface area (TPSA) is 64.0 Å². The first kappa shape index (κ1) is 16.5. The van der Waals surface area contributed by atoms with Crippen molar-refractivity contribution in [3.05, 3.63) is 53.9 Å². The van der Waals surface area contributed by atoms with Crippen molar-refractivity contribution in [3.63, 3.8) is 0 Å². The van der Waals surface area contributed by atoms with Crippen LogP contribution in [0.3, 0.4) is 0 Å². The molecule has 0 aliphatic heterocycles. The number of hydrogen-bond donors (Lipinski definition) is 1. The van der Waals surface area contributed by atoms with Gasteiger partial charge in [-0.05, 0) is 49.6 Å². The number of aryl methyl sites for hydroxylation is 3. The molecule has 1 aromatic carbocycles. The minimum atomic E-state index is -3.69. The molecule has 1 N–H and O–H groups in total. The molecule has 3 rings (SSSR count). The van der Waals surface area contributed by atoms with Crippen molar-refractivity contribution in [3.8, 4) is 0 Å². The molecule has 3 aromatic rings. The van der Waals surface area contributed by atoms with Crippen LogP contribution in [0.4, 0.5) is 5.69 Å². The largest absolute Gasteiger partial charge is 0.331 e. The molecule has 0 amide bonds. The Hall–Kier alpha value is -2.34. The molecule has 6 heteroatoms. The number of rotatable bonds is 5. The van der Waals surface area contributed by atoms with E-state index in [9.17, 15) is 8.42 Å². The molecule has 0 spiro atoms. The smallest absolute Gasteiger partial charge is 0.264 e. The summed E-state index contributed by atoms with van der Waals surface area (Å²) in [5.41, 5.74) is 3.20. The first-order chi connectivity index (χ1) is 11.4. The predicted octanol–water partition coefficient (Wildman–Crippen LogP) is 3.86. The van der Waals surface area contributed by atoms with E-state index >= 15 is 0 Å². The number of benzene rings is 1. The van der Waals surface area contributed by atoms with Gasteiger partial charge in [0.15, 0.2) is 0 Å². The van der Waals surface area contributed by atoms with Gasteiger partial charge in [-0.2, -0.15) is 0 Å². The predicted molar refractivity (Wildman–Crippen MR) is 96.7 cm³/mol. The van der Waals surface area contributed by atoms with E-state index in [1.165, 1.54) is 0 Å². The molecular weight excluding hydrogens is 322 g/mol. The molecule has 0 atom stereocenters. The van der Waals surface area contributed by atoms with Crippen molar-refractivity contribution in [2.75, 3.05) is 4.72 Å². The van der Waals surface area contributed by atoms with Crippen molar-refractivity contribution in [2.45, 2.75) is 38.6 Å². The number of fused-ring (bicyclic) bond motifs is 1. The van der Waals surface area contributed by atoms with Gasteiger partial charge in [-0.1, -0.05) is 19.1 Å². The summed E-state index contributed by atoms with van der Waals surface area (Å²) in [5, 5.41) is 0.642. The maximum Gasteiger partial charge on any atom is 0.264 e. The van der Waals surface area contributed by atoms with Gasteiger partial charge in [0.2, 0.25) is 0 Å². The van der Waals surface area contributed by atoms with Crippen LogP contribution in [-0.4, -0.2) is 18.0 Å². The van der Waals surface area contributed by atoms with Gasteiger partial charge in [-0.3, -0.25) is 4.72 Å². The summed E-state index contributed by atoms with van der Waals surface area (Å²) >= 11 is 0. The Kier molecular flexibility index (Phi) is 4.32. The van der Waals surface area contributed by atoms with E-state index in [1.54, 1.807) is 24.5 Å². The SMILES string of the molecule is CCCn1cc(S(=O)(=O)Nc2cc(C)ccc2C)c2cccnc21. The summed E-state index contributed by atoms with van der Waals surface area (Å²) in [6.07, 6.45) is 4.27. The van der Waals surface area contributed by atoms with Gasteiger partial charge in [0, 0.05) is 24.3 Å². The van der Waals surface area contributed by atoms with Crippen LogP contribution in [-0.2, 0) is 16.6 Å². The Labute approximate surface area is 142 Å². The molecule has 0 aliphatic rings. The number of aromatic nitrogens is 2. The first-order valence-corrected chi connectivity index (χ1v) is 9.44. The molecule has 0 bridgehead atoms. The summed E-state index contributed by atoms with van der Waals surface area (Å²) in [6, 6.07) is 9.28. The normalized spacial score (nSPS) is 11.8. The summed E-state index contributed by atoms with van der Waals surface area (Å²) in [6.45, 7) is 6.61. The zero-order valence-electron chi connectivity index (χ0n) is 14.1. The number of anilines is 1. The highest BCUT2D eigenvalue weighted by molar-refractivity contribution is 7.93. The fourth-order valence-corrected chi connectivity index (χ4v) is 4.10. The summed E-state index contributed by atoms with van der Waals surface area (Å²) in [7, 11) is -3.69. The third kappa shape index (κ3) is 3.01. The van der Waals surface area contributed by atoms with Crippen LogP contribution in [0.5, 0.6) is 0 Å². The molecule has 0 radical (unpaired) electrons. The fourth-order valence-electron chi connectivity index (χ4n) is 2.76. The van der Waals surface area contributed by atoms with E-state index in [4.69, 9.17) is 0 Å². The molecule has 0 unspecified atom stereocenters. The zero-order valence-corrected chi connectivity index (χ0v) is 14.9. The van der Waals surface area contributed by atoms with Crippen LogP contribution in [0, 0.1) is 13.8 Å². The van der Waals surface area contributed by atoms with Crippen molar-refractivity contribution in [1.29, 1.82) is 0 Å². The standard InChI is InChI=1S/C18H21N3O2S/c1-4-10-21-12-17(15-6-5-9-19-18(15)21)24(22,23)20-16-11-13(2)7-8-14(16)3/h5-9,11-12,20H,4,10H2,1-3H3. The van der Waals surface area contributed by atoms with Gasteiger partial charge in [0.05, 0.1) is 5.69 Å². The summed E-state index contributed by atoms with van der Waals surface area (Å²) < 4.78 is 30.5. The van der Waals surface area contributed by atoms with Crippen molar-refractivity contribution in [2.24, 2.45) is 0 Å². The number of pyridine rings is 1. The second-order valence-electron chi connectivity index (χ2n) is 5.99. The number of hydrogen-bond acceptors (Lipinski definition) is 3. The fraction of sp³-hybridized carbons (Fsp3) is 0.278. The maximum atomic E-state index is 12.9. The van der Waals surface area contributed by atoms with E-state index in [1.807, 2.05) is 36.6 Å². The average molecular weight is 343 g/mol. The number of nitrogens with one attached hydrogen (secondary N) is 1. The van der Waals surface area contributed by atoms with Gasteiger partial charge < -0.3 is 4.57 Å². The minimum Gasteiger partial charge on any atom is -0.331 e. The van der Waals surface area contributed by atoms with E-state index in [0.717, 1.165) is 24.1 Å². The lowest BCUT2D eigenvalue weighted by molar-refractivity contribution is 0.601. The quantitative estimate of drug-likeness (QED) is 0.765. The lowest BCUT2D eigenvalue weighted by atomic mass is 10.1. The third-order valence-corrected chi connectivity index (χ3v) is 5.38. The van der Waals surface area contributed by atoms with Crippen LogP contribution >= 0.6 is 0 Å². The highest BCUT2D eigenvalue weighted by atomic mass is 32.2. The Balaban J connectivity index is 2.10. The summed E-state index contributed by atoms with van der Waals surface area (Å²) in [4.78, 5) is 4.61. The molecule has 0 saturated heterocycles. The lowest BCUT2D eigenvalue weighted by Crippen LogP contribution is -2.13. The number of sulfonamides is 1. The van der Waals surface area contributed by atoms with Gasteiger partial charge in [-0.15, -0.1) is 0 Å². The van der Waals surface area contributed by atoms with Crippen LogP contribution in [0.2, 0.25) is 0 Å². The van der Waals surface area contributed by atoms with Crippen LogP contribution in [0.25, 0.3) is 11.0 Å². The number of nitrogens with zero attached hydrogens (tertiary/aromatic N) is 2. The second-order valence-corrected chi connectivity index (χ2v) is 7.64. The molecule has 24 heavy (non-hydrogen) atoms. The van der Waals surface area contributed by atoms with Crippen molar-refractivity contribution >= 4 is 26.7 Å². The Bertz CT molecular complexity index is 991. The van der Waals surface area contributed by atoms with Gasteiger partial charge in [0.25, 0.3) is 10.0 Å². The molecule has 0 fully saturated rings. The molecule has 2 heterocycles. The molecule has 2 aromatic heterocycles. The lowest BCUT2D eigenvalue weighted by Gasteiger charge is -2.10. The van der Waals surface area contributed by atoms with Crippen LogP contribution in [0.15, 0.2) is 47.6 Å². The minimum absolute atomic E-state index is 0.264. The Morgan fingerprint density at radius 3 is 2.75 bits per heavy atom. The maximum absolute atomic E-state index is 12.9. The molecule has 126 valence electrons. The first-order valence-electron chi connectivity index (χ1n) is 7.96. The van der Waals surface area contributed by atoms with Gasteiger partial charge in [0.1, 0.15) is 10.5 Å². The van der Waals surface area contributed by atoms with Crippen LogP contribution < -0.4 is 4.72 Å². The highest BCUT2D eigenvalue weighted by Gasteiger charge is 2.22. The van der Waals surface area contributed by atoms with Gasteiger partial charge in [-0.25, -0.2) is 13.4 Å². The average Bonchev–Trinajstić information content (AvgIpc) is 2.91. The van der Waals surface area contributed by atoms with E-state index < -0.39 is 10.0 Å². The molecular formula is C18H21N3O2S.